The molecule has 3 heterocycles. The van der Waals surface area contributed by atoms with Crippen molar-refractivity contribution < 1.29 is 22.5 Å². The normalized spacial score (nSPS) is 17.9. The Balaban J connectivity index is 1.69. The SMILES string of the molecule is N=c1c[n+](N2CCN(S(=O)(=O)c3ccccc3)CC2C(=O)c2cccnc2)[n-]o1. The number of piperazine rings is 1. The summed E-state index contributed by atoms with van der Waals surface area (Å²) in [5.41, 5.74) is 0.188. The standard InChI is InChI=1S/C18H18N6O4S/c19-17-13-24(21-28-17)23-10-9-22(29(26,27)15-6-2-1-3-7-15)12-16(23)18(25)14-5-4-8-20-11-14/h1-8,11,13,16,19H,9-10,12H2. The Morgan fingerprint density at radius 3 is 2.66 bits per heavy atom. The zero-order chi connectivity index (χ0) is 20.4. The highest BCUT2D eigenvalue weighted by molar-refractivity contribution is 7.89. The molecular weight excluding hydrogens is 396 g/mol. The minimum atomic E-state index is -3.76. The van der Waals surface area contributed by atoms with Gasteiger partial charge in [-0.05, 0) is 29.5 Å². The van der Waals surface area contributed by atoms with Gasteiger partial charge in [-0.1, -0.05) is 23.0 Å². The molecule has 1 aliphatic heterocycles. The lowest BCUT2D eigenvalue weighted by atomic mass is 10.0. The van der Waals surface area contributed by atoms with Crippen LogP contribution in [-0.2, 0) is 10.0 Å². The van der Waals surface area contributed by atoms with Crippen molar-refractivity contribution in [2.75, 3.05) is 24.6 Å². The topological polar surface area (TPSA) is 126 Å². The zero-order valence-electron chi connectivity index (χ0n) is 15.2. The minimum Gasteiger partial charge on any atom is -0.380 e. The van der Waals surface area contributed by atoms with Crippen molar-refractivity contribution >= 4 is 15.8 Å². The molecule has 0 saturated carbocycles. The fraction of sp³-hybridized carbons (Fsp3) is 0.222. The molecule has 11 heteroatoms. The van der Waals surface area contributed by atoms with Crippen molar-refractivity contribution in [1.29, 1.82) is 5.41 Å². The monoisotopic (exact) mass is 414 g/mol. The number of pyridine rings is 1. The molecule has 2 aromatic heterocycles. The van der Waals surface area contributed by atoms with Crippen LogP contribution in [0.1, 0.15) is 10.4 Å². The van der Waals surface area contributed by atoms with Gasteiger partial charge >= 0.3 is 0 Å². The van der Waals surface area contributed by atoms with Crippen molar-refractivity contribution in [3.8, 4) is 0 Å². The summed E-state index contributed by atoms with van der Waals surface area (Å²) in [6.45, 7) is 0.277. The molecule has 1 unspecified atom stereocenters. The van der Waals surface area contributed by atoms with Crippen LogP contribution in [0.15, 0.2) is 70.5 Å². The van der Waals surface area contributed by atoms with Crippen molar-refractivity contribution in [3.63, 3.8) is 0 Å². The first-order valence-electron chi connectivity index (χ1n) is 8.83. The van der Waals surface area contributed by atoms with Crippen LogP contribution >= 0.6 is 0 Å². The van der Waals surface area contributed by atoms with E-state index in [1.54, 1.807) is 41.5 Å². The van der Waals surface area contributed by atoms with E-state index in [4.69, 9.17) is 9.93 Å². The molecule has 0 aliphatic carbocycles. The second-order valence-electron chi connectivity index (χ2n) is 6.45. The number of hydrogen-bond donors (Lipinski definition) is 1. The fourth-order valence-electron chi connectivity index (χ4n) is 3.23. The minimum absolute atomic E-state index is 0.0713. The maximum Gasteiger partial charge on any atom is 0.286 e. The highest BCUT2D eigenvalue weighted by Crippen LogP contribution is 2.20. The van der Waals surface area contributed by atoms with Crippen LogP contribution in [0.5, 0.6) is 0 Å². The van der Waals surface area contributed by atoms with E-state index in [0.717, 1.165) is 0 Å². The number of nitrogens with one attached hydrogen (secondary N) is 1. The van der Waals surface area contributed by atoms with Crippen molar-refractivity contribution in [2.45, 2.75) is 10.9 Å². The quantitative estimate of drug-likeness (QED) is 0.432. The summed E-state index contributed by atoms with van der Waals surface area (Å²) in [7, 11) is -3.76. The predicted molar refractivity (Wildman–Crippen MR) is 98.7 cm³/mol. The molecule has 29 heavy (non-hydrogen) atoms. The van der Waals surface area contributed by atoms with Crippen LogP contribution < -0.4 is 20.6 Å². The number of benzene rings is 1. The number of sulfonamides is 1. The summed E-state index contributed by atoms with van der Waals surface area (Å²) in [4.78, 5) is 18.6. The van der Waals surface area contributed by atoms with Gasteiger partial charge in [0, 0.05) is 37.6 Å². The Morgan fingerprint density at radius 2 is 2.00 bits per heavy atom. The van der Waals surface area contributed by atoms with Crippen LogP contribution in [0.4, 0.5) is 0 Å². The van der Waals surface area contributed by atoms with Crippen LogP contribution in [-0.4, -0.2) is 49.2 Å². The van der Waals surface area contributed by atoms with Gasteiger partial charge in [0.05, 0.1) is 10.9 Å². The van der Waals surface area contributed by atoms with Gasteiger partial charge in [-0.25, -0.2) is 8.42 Å². The smallest absolute Gasteiger partial charge is 0.286 e. The molecule has 10 nitrogen and oxygen atoms in total. The Hall–Kier alpha value is -3.31. The largest absolute Gasteiger partial charge is 0.380 e. The highest BCUT2D eigenvalue weighted by atomic mass is 32.2. The summed E-state index contributed by atoms with van der Waals surface area (Å²) >= 11 is 0. The average Bonchev–Trinajstić information content (AvgIpc) is 3.20. The molecule has 1 N–H and O–H groups in total. The molecule has 1 fully saturated rings. The maximum atomic E-state index is 13.2. The maximum absolute atomic E-state index is 13.2. The third-order valence-corrected chi connectivity index (χ3v) is 6.54. The zero-order valence-corrected chi connectivity index (χ0v) is 16.1. The van der Waals surface area contributed by atoms with Gasteiger partial charge in [0.25, 0.3) is 11.8 Å². The molecule has 0 bridgehead atoms. The summed E-state index contributed by atoms with van der Waals surface area (Å²) in [5.74, 6) is -0.298. The van der Waals surface area contributed by atoms with Crippen LogP contribution in [0.2, 0.25) is 0 Å². The first-order chi connectivity index (χ1) is 14.0. The summed E-state index contributed by atoms with van der Waals surface area (Å²) in [5, 5.41) is 12.9. The van der Waals surface area contributed by atoms with E-state index in [-0.39, 0.29) is 35.9 Å². The third kappa shape index (κ3) is 3.69. The molecule has 150 valence electrons. The van der Waals surface area contributed by atoms with Crippen molar-refractivity contribution in [1.82, 2.24) is 14.6 Å². The van der Waals surface area contributed by atoms with E-state index >= 15 is 0 Å². The van der Waals surface area contributed by atoms with Crippen LogP contribution in [0.3, 0.4) is 0 Å². The van der Waals surface area contributed by atoms with Crippen LogP contribution in [0.25, 0.3) is 0 Å². The molecule has 3 aromatic rings. The second kappa shape index (κ2) is 7.60. The number of nitrogens with zero attached hydrogens (tertiary/aromatic N) is 5. The van der Waals surface area contributed by atoms with Gasteiger partial charge in [-0.15, -0.1) is 0 Å². The molecule has 1 aliphatic rings. The van der Waals surface area contributed by atoms with E-state index in [1.807, 2.05) is 0 Å². The molecule has 0 amide bonds. The second-order valence-corrected chi connectivity index (χ2v) is 8.39. The lowest BCUT2D eigenvalue weighted by Crippen LogP contribution is -2.73. The Labute approximate surface area is 166 Å². The number of hydrogen-bond acceptors (Lipinski definition) is 7. The Bertz CT molecular complexity index is 1160. The van der Waals surface area contributed by atoms with Gasteiger partial charge < -0.3 is 4.52 Å². The predicted octanol–water partition coefficient (Wildman–Crippen LogP) is -0.707. The number of rotatable bonds is 5. The van der Waals surface area contributed by atoms with E-state index < -0.39 is 16.1 Å². The molecule has 1 saturated heterocycles. The highest BCUT2D eigenvalue weighted by Gasteiger charge is 2.38. The molecule has 1 aromatic carbocycles. The number of carbonyl (C=O) groups excluding carboxylic acids is 1. The van der Waals surface area contributed by atoms with Crippen LogP contribution in [0, 0.1) is 5.41 Å². The van der Waals surface area contributed by atoms with Gasteiger partial charge in [-0.3, -0.25) is 20.2 Å². The number of ketones is 1. The van der Waals surface area contributed by atoms with E-state index in [9.17, 15) is 13.2 Å². The molecule has 0 radical (unpaired) electrons. The molecular formula is C18H18N6O4S. The Morgan fingerprint density at radius 1 is 1.21 bits per heavy atom. The molecule has 1 atom stereocenters. The average molecular weight is 414 g/mol. The number of aromatic nitrogens is 3. The van der Waals surface area contributed by atoms with E-state index in [1.165, 1.54) is 33.6 Å². The number of carbonyl (C=O) groups is 1. The third-order valence-electron chi connectivity index (χ3n) is 4.66. The fourth-order valence-corrected chi connectivity index (χ4v) is 4.69. The van der Waals surface area contributed by atoms with E-state index in [0.29, 0.717) is 5.56 Å². The first kappa shape index (κ1) is 19.0. The Kier molecular flexibility index (Phi) is 4.99. The lowest BCUT2D eigenvalue weighted by Gasteiger charge is -2.40. The van der Waals surface area contributed by atoms with Crippen molar-refractivity contribution in [3.05, 3.63) is 72.2 Å². The van der Waals surface area contributed by atoms with E-state index in [2.05, 4.69) is 10.3 Å². The molecule has 0 spiro atoms. The lowest BCUT2D eigenvalue weighted by molar-refractivity contribution is -0.766. The summed E-state index contributed by atoms with van der Waals surface area (Å²) in [6, 6.07) is 10.5. The van der Waals surface area contributed by atoms with Gasteiger partial charge in [0.1, 0.15) is 0 Å². The van der Waals surface area contributed by atoms with Gasteiger partial charge in [-0.2, -0.15) is 4.31 Å². The number of Topliss-reactive ketones (excluding diaryl/α,β-unsaturated/α-hetero) is 1. The first-order valence-corrected chi connectivity index (χ1v) is 10.3. The van der Waals surface area contributed by atoms with Crippen molar-refractivity contribution in [2.24, 2.45) is 0 Å². The summed E-state index contributed by atoms with van der Waals surface area (Å²) in [6.07, 6.45) is 4.32. The summed E-state index contributed by atoms with van der Waals surface area (Å²) < 4.78 is 32.2. The molecule has 4 rings (SSSR count). The van der Waals surface area contributed by atoms with Gasteiger partial charge in [0.2, 0.25) is 10.0 Å². The van der Waals surface area contributed by atoms with Gasteiger partial charge in [0.15, 0.2) is 5.78 Å².